The van der Waals surface area contributed by atoms with E-state index in [0.717, 1.165) is 0 Å². The Morgan fingerprint density at radius 2 is 1.97 bits per heavy atom. The van der Waals surface area contributed by atoms with Crippen molar-refractivity contribution in [2.75, 3.05) is 13.2 Å². The van der Waals surface area contributed by atoms with Crippen LogP contribution in [-0.4, -0.2) is 34.7 Å². The average molecular weight is 451 g/mol. The second-order valence-corrected chi connectivity index (χ2v) is 8.17. The largest absolute Gasteiger partial charge is 0.486 e. The first kappa shape index (κ1) is 20.2. The molecule has 4 aromatic rings. The quantitative estimate of drug-likeness (QED) is 0.504. The van der Waals surface area contributed by atoms with Crippen LogP contribution in [0.5, 0.6) is 11.5 Å². The zero-order valence-corrected chi connectivity index (χ0v) is 17.6. The van der Waals surface area contributed by atoms with Crippen LogP contribution < -0.4 is 20.3 Å². The Hall–Kier alpha value is -3.72. The third-order valence-corrected chi connectivity index (χ3v) is 6.01. The predicted octanol–water partition coefficient (Wildman–Crippen LogP) is 3.22. The molecule has 2 aromatic carbocycles. The van der Waals surface area contributed by atoms with Gasteiger partial charge in [-0.1, -0.05) is 24.3 Å². The molecule has 32 heavy (non-hydrogen) atoms. The monoisotopic (exact) mass is 451 g/mol. The van der Waals surface area contributed by atoms with Gasteiger partial charge in [-0.05, 0) is 29.8 Å². The van der Waals surface area contributed by atoms with Crippen molar-refractivity contribution in [1.82, 2.24) is 14.9 Å². The second-order valence-electron chi connectivity index (χ2n) is 7.32. The molecule has 0 radical (unpaired) electrons. The van der Waals surface area contributed by atoms with Crippen molar-refractivity contribution in [2.45, 2.75) is 12.6 Å². The van der Waals surface area contributed by atoms with Gasteiger partial charge in [0.15, 0.2) is 11.5 Å². The highest BCUT2D eigenvalue weighted by Gasteiger charge is 2.21. The van der Waals surface area contributed by atoms with Crippen molar-refractivity contribution in [1.29, 1.82) is 0 Å². The van der Waals surface area contributed by atoms with E-state index in [1.54, 1.807) is 12.1 Å². The first-order chi connectivity index (χ1) is 15.6. The Morgan fingerprint density at radius 1 is 1.19 bits per heavy atom. The molecule has 1 aliphatic rings. The van der Waals surface area contributed by atoms with Gasteiger partial charge in [0.05, 0.1) is 18.3 Å². The molecule has 0 spiro atoms. The third kappa shape index (κ3) is 3.94. The number of nitrogens with one attached hydrogen (secondary N) is 1. The number of thiophene rings is 1. The van der Waals surface area contributed by atoms with Crippen molar-refractivity contribution in [3.63, 3.8) is 0 Å². The van der Waals surface area contributed by atoms with Gasteiger partial charge in [-0.2, -0.15) is 0 Å². The minimum absolute atomic E-state index is 0.176. The molecule has 162 valence electrons. The maximum absolute atomic E-state index is 13.3. The smallest absolute Gasteiger partial charge is 0.263 e. The van der Waals surface area contributed by atoms with Gasteiger partial charge in [0.25, 0.3) is 5.56 Å². The number of amides is 1. The number of aromatic nitrogens is 2. The summed E-state index contributed by atoms with van der Waals surface area (Å²) in [5, 5.41) is 5.01. The van der Waals surface area contributed by atoms with E-state index in [2.05, 4.69) is 10.3 Å². The lowest BCUT2D eigenvalue weighted by Gasteiger charge is -2.26. The number of rotatable bonds is 5. The average Bonchev–Trinajstić information content (AvgIpc) is 3.25. The van der Waals surface area contributed by atoms with E-state index in [4.69, 9.17) is 9.47 Å². The van der Waals surface area contributed by atoms with Gasteiger partial charge in [0.1, 0.15) is 29.9 Å². The van der Waals surface area contributed by atoms with Crippen molar-refractivity contribution < 1.29 is 18.7 Å². The molecule has 1 aliphatic heterocycles. The molecule has 0 fully saturated rings. The summed E-state index contributed by atoms with van der Waals surface area (Å²) in [5.74, 6) is 0.619. The molecule has 0 bridgehead atoms. The van der Waals surface area contributed by atoms with Crippen LogP contribution in [0.1, 0.15) is 0 Å². The molecular formula is C23H18FN3O4S. The topological polar surface area (TPSA) is 82.5 Å². The highest BCUT2D eigenvalue weighted by molar-refractivity contribution is 7.17. The van der Waals surface area contributed by atoms with Crippen LogP contribution in [-0.2, 0) is 11.3 Å². The molecule has 1 atom stereocenters. The lowest BCUT2D eigenvalue weighted by Crippen LogP contribution is -2.42. The highest BCUT2D eigenvalue weighted by Crippen LogP contribution is 2.31. The summed E-state index contributed by atoms with van der Waals surface area (Å²) >= 11 is 1.33. The van der Waals surface area contributed by atoms with Crippen LogP contribution in [0.15, 0.2) is 65.0 Å². The Morgan fingerprint density at radius 3 is 2.78 bits per heavy atom. The number of carbonyl (C=O) groups excluding carboxylic acids is 1. The lowest BCUT2D eigenvalue weighted by atomic mass is 10.1. The number of hydrogen-bond donors (Lipinski definition) is 1. The van der Waals surface area contributed by atoms with Crippen molar-refractivity contribution in [3.8, 4) is 22.6 Å². The van der Waals surface area contributed by atoms with Crippen LogP contribution in [0, 0.1) is 5.82 Å². The van der Waals surface area contributed by atoms with E-state index >= 15 is 0 Å². The van der Waals surface area contributed by atoms with E-state index in [0.29, 0.717) is 39.4 Å². The van der Waals surface area contributed by atoms with E-state index in [1.165, 1.54) is 34.4 Å². The molecule has 0 saturated heterocycles. The Bertz CT molecular complexity index is 1350. The number of halogens is 1. The number of fused-ring (bicyclic) bond motifs is 2. The number of para-hydroxylation sites is 2. The highest BCUT2D eigenvalue weighted by atomic mass is 32.1. The fourth-order valence-corrected chi connectivity index (χ4v) is 4.43. The van der Waals surface area contributed by atoms with Crippen LogP contribution >= 0.6 is 11.3 Å². The van der Waals surface area contributed by atoms with E-state index in [1.807, 2.05) is 29.6 Å². The standard InChI is InChI=1S/C23H18FN3O4S/c24-15-7-5-14(6-8-15)17-12-32-22-21(17)23(29)27(13-26-22)10-20(28)25-9-16-11-30-18-3-1-2-4-19(18)31-16/h1-8,12-13,16H,9-11H2,(H,25,28)/t16-/m1/s1. The summed E-state index contributed by atoms with van der Waals surface area (Å²) in [6.45, 7) is 0.391. The fraction of sp³-hybridized carbons (Fsp3) is 0.174. The molecule has 3 heterocycles. The number of benzene rings is 2. The molecule has 2 aromatic heterocycles. The number of ether oxygens (including phenoxy) is 2. The first-order valence-corrected chi connectivity index (χ1v) is 10.8. The Labute approximate surface area is 186 Å². The van der Waals surface area contributed by atoms with Gasteiger partial charge in [-0.25, -0.2) is 9.37 Å². The van der Waals surface area contributed by atoms with Gasteiger partial charge in [0, 0.05) is 10.9 Å². The minimum Gasteiger partial charge on any atom is -0.486 e. The number of hydrogen-bond acceptors (Lipinski definition) is 6. The zero-order valence-electron chi connectivity index (χ0n) is 16.8. The minimum atomic E-state index is -0.351. The van der Waals surface area contributed by atoms with Gasteiger partial charge in [0.2, 0.25) is 5.91 Å². The van der Waals surface area contributed by atoms with Gasteiger partial charge in [-0.3, -0.25) is 14.2 Å². The van der Waals surface area contributed by atoms with Crippen molar-refractivity contribution >= 4 is 27.5 Å². The first-order valence-electron chi connectivity index (χ1n) is 9.96. The fourth-order valence-electron chi connectivity index (χ4n) is 3.52. The molecule has 7 nitrogen and oxygen atoms in total. The third-order valence-electron chi connectivity index (χ3n) is 5.12. The maximum Gasteiger partial charge on any atom is 0.263 e. The van der Waals surface area contributed by atoms with Gasteiger partial charge >= 0.3 is 0 Å². The maximum atomic E-state index is 13.3. The van der Waals surface area contributed by atoms with Crippen LogP contribution in [0.4, 0.5) is 4.39 Å². The molecule has 1 N–H and O–H groups in total. The van der Waals surface area contributed by atoms with E-state index in [9.17, 15) is 14.0 Å². The van der Waals surface area contributed by atoms with Crippen LogP contribution in [0.3, 0.4) is 0 Å². The van der Waals surface area contributed by atoms with Crippen molar-refractivity contribution in [2.24, 2.45) is 0 Å². The van der Waals surface area contributed by atoms with Gasteiger partial charge < -0.3 is 14.8 Å². The SMILES string of the molecule is O=C(Cn1cnc2scc(-c3ccc(F)cc3)c2c1=O)NC[C@@H]1COc2ccccc2O1. The van der Waals surface area contributed by atoms with E-state index in [-0.39, 0.29) is 36.5 Å². The summed E-state index contributed by atoms with van der Waals surface area (Å²) in [6.07, 6.45) is 1.04. The molecule has 9 heteroatoms. The van der Waals surface area contributed by atoms with Crippen LogP contribution in [0.2, 0.25) is 0 Å². The summed E-state index contributed by atoms with van der Waals surface area (Å²) in [6, 6.07) is 13.3. The molecule has 0 saturated carbocycles. The normalized spacial score (nSPS) is 15.0. The summed E-state index contributed by atoms with van der Waals surface area (Å²) in [4.78, 5) is 30.4. The van der Waals surface area contributed by atoms with Crippen LogP contribution in [0.25, 0.3) is 21.3 Å². The summed E-state index contributed by atoms with van der Waals surface area (Å²) < 4.78 is 26.0. The second kappa shape index (κ2) is 8.43. The molecular weight excluding hydrogens is 433 g/mol. The van der Waals surface area contributed by atoms with Gasteiger partial charge in [-0.15, -0.1) is 11.3 Å². The molecule has 0 aliphatic carbocycles. The summed E-state index contributed by atoms with van der Waals surface area (Å²) in [7, 11) is 0. The zero-order chi connectivity index (χ0) is 22.1. The van der Waals surface area contributed by atoms with E-state index < -0.39 is 0 Å². The van der Waals surface area contributed by atoms with Crippen molar-refractivity contribution in [3.05, 3.63) is 76.4 Å². The number of carbonyl (C=O) groups is 1. The Balaban J connectivity index is 1.29. The molecule has 5 rings (SSSR count). The predicted molar refractivity (Wildman–Crippen MR) is 119 cm³/mol. The molecule has 1 amide bonds. The number of nitrogens with zero attached hydrogens (tertiary/aromatic N) is 2. The summed E-state index contributed by atoms with van der Waals surface area (Å²) in [5.41, 5.74) is 1.06. The molecule has 0 unspecified atom stereocenters. The Kier molecular flexibility index (Phi) is 5.32. The lowest BCUT2D eigenvalue weighted by molar-refractivity contribution is -0.122.